The van der Waals surface area contributed by atoms with Crippen molar-refractivity contribution in [3.63, 3.8) is 0 Å². The Morgan fingerprint density at radius 2 is 1.79 bits per heavy atom. The second-order valence-electron chi connectivity index (χ2n) is 6.22. The summed E-state index contributed by atoms with van der Waals surface area (Å²) in [5.41, 5.74) is 0.501. The molecule has 1 unspecified atom stereocenters. The zero-order valence-corrected chi connectivity index (χ0v) is 12.9. The Hall–Kier alpha value is -0.610. The number of hydrogen-bond acceptors (Lipinski definition) is 3. The third kappa shape index (κ3) is 4.77. The minimum atomic E-state index is -0.739. The molecule has 0 radical (unpaired) electrons. The third-order valence-corrected chi connectivity index (χ3v) is 4.69. The predicted octanol–water partition coefficient (Wildman–Crippen LogP) is 2.34. The molecule has 0 aromatic heterocycles. The van der Waals surface area contributed by atoms with Gasteiger partial charge >= 0.3 is 5.97 Å². The molecule has 1 aliphatic rings. The molecule has 4 heteroatoms. The molecule has 1 aliphatic heterocycles. The molecule has 2 N–H and O–H groups in total. The van der Waals surface area contributed by atoms with E-state index in [1.165, 1.54) is 25.7 Å². The lowest BCUT2D eigenvalue weighted by Crippen LogP contribution is -2.51. The number of nitrogens with one attached hydrogen (secondary N) is 1. The minimum absolute atomic E-state index is 0.205. The summed E-state index contributed by atoms with van der Waals surface area (Å²) < 4.78 is 0. The van der Waals surface area contributed by atoms with Crippen molar-refractivity contribution in [1.29, 1.82) is 0 Å². The van der Waals surface area contributed by atoms with Crippen molar-refractivity contribution >= 4 is 5.97 Å². The van der Waals surface area contributed by atoms with Gasteiger partial charge in [0.15, 0.2) is 0 Å². The molecule has 0 bridgehead atoms. The number of likely N-dealkylation sites (tertiary alicyclic amines) is 1. The minimum Gasteiger partial charge on any atom is -0.480 e. The SMILES string of the molecule is CCC1(CC)CCN(CC(NC(C)C)C(=O)O)CC1. The van der Waals surface area contributed by atoms with E-state index in [2.05, 4.69) is 24.1 Å². The first-order valence-corrected chi connectivity index (χ1v) is 7.63. The highest BCUT2D eigenvalue weighted by Crippen LogP contribution is 2.37. The van der Waals surface area contributed by atoms with Gasteiger partial charge in [-0.3, -0.25) is 4.79 Å². The first-order chi connectivity index (χ1) is 8.92. The summed E-state index contributed by atoms with van der Waals surface area (Å²) in [6.45, 7) is 11.2. The summed E-state index contributed by atoms with van der Waals surface area (Å²) in [5.74, 6) is -0.739. The fraction of sp³-hybridized carbons (Fsp3) is 0.933. The summed E-state index contributed by atoms with van der Waals surface area (Å²) in [6, 6.07) is -0.244. The molecule has 1 saturated heterocycles. The van der Waals surface area contributed by atoms with Crippen LogP contribution in [0.1, 0.15) is 53.4 Å². The van der Waals surface area contributed by atoms with Crippen LogP contribution in [0.25, 0.3) is 0 Å². The predicted molar refractivity (Wildman–Crippen MR) is 78.4 cm³/mol. The highest BCUT2D eigenvalue weighted by atomic mass is 16.4. The second-order valence-corrected chi connectivity index (χ2v) is 6.22. The van der Waals surface area contributed by atoms with Gasteiger partial charge < -0.3 is 15.3 Å². The van der Waals surface area contributed by atoms with Crippen molar-refractivity contribution in [2.45, 2.75) is 65.5 Å². The lowest BCUT2D eigenvalue weighted by Gasteiger charge is -2.41. The molecule has 19 heavy (non-hydrogen) atoms. The maximum atomic E-state index is 11.3. The van der Waals surface area contributed by atoms with Gasteiger partial charge in [0.1, 0.15) is 6.04 Å². The fourth-order valence-corrected chi connectivity index (χ4v) is 3.03. The first kappa shape index (κ1) is 16.4. The van der Waals surface area contributed by atoms with Gasteiger partial charge in [0.05, 0.1) is 0 Å². The quantitative estimate of drug-likeness (QED) is 0.745. The maximum absolute atomic E-state index is 11.3. The summed E-state index contributed by atoms with van der Waals surface area (Å²) in [4.78, 5) is 13.6. The zero-order chi connectivity index (χ0) is 14.5. The fourth-order valence-electron chi connectivity index (χ4n) is 3.03. The number of nitrogens with zero attached hydrogens (tertiary/aromatic N) is 1. The summed E-state index contributed by atoms with van der Waals surface area (Å²) in [6.07, 6.45) is 4.88. The monoisotopic (exact) mass is 270 g/mol. The van der Waals surface area contributed by atoms with Crippen LogP contribution in [0, 0.1) is 5.41 Å². The average molecular weight is 270 g/mol. The van der Waals surface area contributed by atoms with E-state index in [-0.39, 0.29) is 6.04 Å². The van der Waals surface area contributed by atoms with E-state index in [0.717, 1.165) is 13.1 Å². The topological polar surface area (TPSA) is 52.6 Å². The molecule has 1 atom stereocenters. The Kier molecular flexibility index (Phi) is 6.27. The van der Waals surface area contributed by atoms with E-state index in [1.54, 1.807) is 0 Å². The molecule has 4 nitrogen and oxygen atoms in total. The lowest BCUT2D eigenvalue weighted by atomic mass is 9.74. The van der Waals surface area contributed by atoms with Crippen LogP contribution < -0.4 is 5.32 Å². The van der Waals surface area contributed by atoms with Crippen LogP contribution >= 0.6 is 0 Å². The van der Waals surface area contributed by atoms with Gasteiger partial charge in [-0.05, 0) is 31.3 Å². The molecule has 0 aromatic carbocycles. The molecule has 1 fully saturated rings. The van der Waals surface area contributed by atoms with Gasteiger partial charge in [-0.2, -0.15) is 0 Å². The van der Waals surface area contributed by atoms with Crippen LogP contribution in [0.15, 0.2) is 0 Å². The Labute approximate surface area is 117 Å². The van der Waals surface area contributed by atoms with Crippen molar-refractivity contribution < 1.29 is 9.90 Å². The first-order valence-electron chi connectivity index (χ1n) is 7.63. The molecule has 0 aromatic rings. The molecule has 0 saturated carbocycles. The van der Waals surface area contributed by atoms with Gasteiger partial charge in [-0.15, -0.1) is 0 Å². The van der Waals surface area contributed by atoms with E-state index in [0.29, 0.717) is 12.0 Å². The summed E-state index contributed by atoms with van der Waals surface area (Å²) >= 11 is 0. The van der Waals surface area contributed by atoms with Crippen molar-refractivity contribution in [3.05, 3.63) is 0 Å². The van der Waals surface area contributed by atoms with Crippen molar-refractivity contribution in [3.8, 4) is 0 Å². The molecular weight excluding hydrogens is 240 g/mol. The number of carboxylic acid groups (broad SMARTS) is 1. The summed E-state index contributed by atoms with van der Waals surface area (Å²) in [7, 11) is 0. The lowest BCUT2D eigenvalue weighted by molar-refractivity contribution is -0.140. The highest BCUT2D eigenvalue weighted by Gasteiger charge is 2.32. The number of hydrogen-bond donors (Lipinski definition) is 2. The van der Waals surface area contributed by atoms with Crippen molar-refractivity contribution in [1.82, 2.24) is 10.2 Å². The number of rotatable bonds is 7. The van der Waals surface area contributed by atoms with Crippen LogP contribution in [0.2, 0.25) is 0 Å². The van der Waals surface area contributed by atoms with Crippen LogP contribution in [-0.2, 0) is 4.79 Å². The largest absolute Gasteiger partial charge is 0.480 e. The molecule has 112 valence electrons. The number of piperidine rings is 1. The molecular formula is C15H30N2O2. The number of carbonyl (C=O) groups is 1. The second kappa shape index (κ2) is 7.25. The van der Waals surface area contributed by atoms with Gasteiger partial charge in [0, 0.05) is 12.6 Å². The smallest absolute Gasteiger partial charge is 0.322 e. The van der Waals surface area contributed by atoms with E-state index in [4.69, 9.17) is 0 Å². The maximum Gasteiger partial charge on any atom is 0.322 e. The number of carboxylic acids is 1. The molecule has 0 aliphatic carbocycles. The highest BCUT2D eigenvalue weighted by molar-refractivity contribution is 5.73. The van der Waals surface area contributed by atoms with E-state index in [1.807, 2.05) is 13.8 Å². The van der Waals surface area contributed by atoms with Gasteiger partial charge in [0.25, 0.3) is 0 Å². The Morgan fingerprint density at radius 3 is 2.16 bits per heavy atom. The molecule has 0 amide bonds. The normalized spacial score (nSPS) is 21.5. The van der Waals surface area contributed by atoms with Crippen molar-refractivity contribution in [2.75, 3.05) is 19.6 Å². The van der Waals surface area contributed by atoms with Gasteiger partial charge in [0.2, 0.25) is 0 Å². The van der Waals surface area contributed by atoms with Gasteiger partial charge in [-0.25, -0.2) is 0 Å². The third-order valence-electron chi connectivity index (χ3n) is 4.69. The Morgan fingerprint density at radius 1 is 1.26 bits per heavy atom. The van der Waals surface area contributed by atoms with E-state index < -0.39 is 12.0 Å². The van der Waals surface area contributed by atoms with E-state index >= 15 is 0 Å². The molecule has 1 heterocycles. The Balaban J connectivity index is 2.48. The average Bonchev–Trinajstić information content (AvgIpc) is 2.38. The van der Waals surface area contributed by atoms with Crippen LogP contribution in [0.4, 0.5) is 0 Å². The standard InChI is InChI=1S/C15H30N2O2/c1-5-15(6-2)7-9-17(10-8-15)11-13(14(18)19)16-12(3)4/h12-13,16H,5-11H2,1-4H3,(H,18,19). The summed E-state index contributed by atoms with van der Waals surface area (Å²) in [5, 5.41) is 12.4. The molecule has 1 rings (SSSR count). The zero-order valence-electron chi connectivity index (χ0n) is 12.9. The Bertz CT molecular complexity index is 278. The van der Waals surface area contributed by atoms with E-state index in [9.17, 15) is 9.90 Å². The van der Waals surface area contributed by atoms with Crippen LogP contribution in [0.3, 0.4) is 0 Å². The van der Waals surface area contributed by atoms with Gasteiger partial charge in [-0.1, -0.05) is 40.5 Å². The van der Waals surface area contributed by atoms with Crippen LogP contribution in [0.5, 0.6) is 0 Å². The van der Waals surface area contributed by atoms with Crippen molar-refractivity contribution in [2.24, 2.45) is 5.41 Å². The number of aliphatic carboxylic acids is 1. The molecule has 0 spiro atoms. The van der Waals surface area contributed by atoms with Crippen LogP contribution in [-0.4, -0.2) is 47.7 Å².